The van der Waals surface area contributed by atoms with Crippen LogP contribution in [0, 0.1) is 0 Å². The van der Waals surface area contributed by atoms with Gasteiger partial charge in [0, 0.05) is 33.9 Å². The third kappa shape index (κ3) is 14.2. The summed E-state index contributed by atoms with van der Waals surface area (Å²) in [4.78, 5) is 0. The quantitative estimate of drug-likeness (QED) is 0.182. The van der Waals surface area contributed by atoms with E-state index in [4.69, 9.17) is 13.3 Å². The van der Waals surface area contributed by atoms with Crippen LogP contribution >= 0.6 is 65.1 Å². The second-order valence-corrected chi connectivity index (χ2v) is 14.4. The topological polar surface area (TPSA) is 30.9 Å². The summed E-state index contributed by atoms with van der Waals surface area (Å²) in [7, 11) is 9.78. The Morgan fingerprint density at radius 2 is 1.24 bits per heavy atom. The first-order valence-electron chi connectivity index (χ1n) is 6.01. The molecule has 0 amide bonds. The minimum Gasteiger partial charge on any atom is -0.377 e. The third-order valence-electron chi connectivity index (χ3n) is 2.33. The molecule has 0 aliphatic heterocycles. The lowest BCUT2D eigenvalue weighted by atomic mass is 10.5. The van der Waals surface area contributed by atoms with Crippen molar-refractivity contribution in [3.05, 3.63) is 0 Å². The highest BCUT2D eigenvalue weighted by atomic mass is 33.7. The van der Waals surface area contributed by atoms with Gasteiger partial charge in [-0.15, -0.1) is 0 Å². The normalized spacial score (nSPS) is 11.4. The standard InChI is InChI=1S/C8H21NO3S2Si.C2H6S4/c1-10-15(11-2,12-3)8-6-7-9(13-4)14-5;1-3-5-6-4-2/h6-8H2,1-5H3;1-2H3. The fourth-order valence-corrected chi connectivity index (χ4v) is 8.66. The molecule has 11 heteroatoms. The second kappa shape index (κ2) is 18.5. The molecule has 0 saturated heterocycles. The van der Waals surface area contributed by atoms with Crippen molar-refractivity contribution < 1.29 is 13.3 Å². The monoisotopic (exact) mass is 429 g/mol. The molecular formula is C10H27NO3S6Si. The minimum atomic E-state index is -2.35. The van der Waals surface area contributed by atoms with Gasteiger partial charge in [0.05, 0.1) is 0 Å². The van der Waals surface area contributed by atoms with Crippen molar-refractivity contribution in [2.45, 2.75) is 12.5 Å². The fraction of sp³-hybridized carbons (Fsp3) is 1.00. The molecule has 0 unspecified atom stereocenters. The van der Waals surface area contributed by atoms with Gasteiger partial charge in [-0.2, -0.15) is 3.71 Å². The van der Waals surface area contributed by atoms with Gasteiger partial charge in [0.15, 0.2) is 0 Å². The van der Waals surface area contributed by atoms with Crippen molar-refractivity contribution in [3.63, 3.8) is 0 Å². The summed E-state index contributed by atoms with van der Waals surface area (Å²) in [6, 6.07) is 0.855. The molecule has 21 heavy (non-hydrogen) atoms. The Labute approximate surface area is 155 Å². The van der Waals surface area contributed by atoms with Crippen LogP contribution in [-0.2, 0) is 13.3 Å². The van der Waals surface area contributed by atoms with Gasteiger partial charge in [-0.05, 0) is 51.1 Å². The lowest BCUT2D eigenvalue weighted by Crippen LogP contribution is -2.43. The molecule has 0 saturated carbocycles. The van der Waals surface area contributed by atoms with E-state index in [0.29, 0.717) is 0 Å². The van der Waals surface area contributed by atoms with Crippen LogP contribution < -0.4 is 0 Å². The largest absolute Gasteiger partial charge is 0.500 e. The lowest BCUT2D eigenvalue weighted by molar-refractivity contribution is 0.123. The van der Waals surface area contributed by atoms with Crippen LogP contribution in [0.15, 0.2) is 0 Å². The molecule has 0 bridgehead atoms. The average molecular weight is 430 g/mol. The van der Waals surface area contributed by atoms with Crippen LogP contribution in [0.2, 0.25) is 6.04 Å². The van der Waals surface area contributed by atoms with Gasteiger partial charge >= 0.3 is 8.80 Å². The van der Waals surface area contributed by atoms with E-state index in [1.165, 1.54) is 0 Å². The SMILES string of the molecule is CO[Si](CCCN(SC)SC)(OC)OC.CSSSSC. The summed E-state index contributed by atoms with van der Waals surface area (Å²) >= 11 is 3.47. The van der Waals surface area contributed by atoms with E-state index in [9.17, 15) is 0 Å². The Morgan fingerprint density at radius 1 is 0.810 bits per heavy atom. The lowest BCUT2D eigenvalue weighted by Gasteiger charge is -2.25. The van der Waals surface area contributed by atoms with Gasteiger partial charge in [-0.3, -0.25) is 0 Å². The number of rotatable bonds is 12. The maximum Gasteiger partial charge on any atom is 0.500 e. The average Bonchev–Trinajstić information content (AvgIpc) is 2.54. The summed E-state index contributed by atoms with van der Waals surface area (Å²) in [5, 5.41) is 0. The van der Waals surface area contributed by atoms with Gasteiger partial charge < -0.3 is 13.3 Å². The van der Waals surface area contributed by atoms with Crippen molar-refractivity contribution in [2.24, 2.45) is 0 Å². The molecule has 0 radical (unpaired) electrons. The van der Waals surface area contributed by atoms with E-state index in [-0.39, 0.29) is 0 Å². The van der Waals surface area contributed by atoms with Crippen LogP contribution in [0.4, 0.5) is 0 Å². The molecule has 0 atom stereocenters. The summed E-state index contributed by atoms with van der Waals surface area (Å²) in [6.07, 6.45) is 9.32. The maximum absolute atomic E-state index is 5.35. The van der Waals surface area contributed by atoms with Crippen molar-refractivity contribution in [1.82, 2.24) is 3.71 Å². The molecular weight excluding hydrogens is 403 g/mol. The zero-order valence-corrected chi connectivity index (χ0v) is 19.6. The van der Waals surface area contributed by atoms with E-state index < -0.39 is 8.80 Å². The van der Waals surface area contributed by atoms with Gasteiger partial charge in [0.25, 0.3) is 0 Å². The first-order valence-corrected chi connectivity index (χ1v) is 15.9. The molecule has 0 rings (SSSR count). The molecule has 0 aliphatic rings. The fourth-order valence-electron chi connectivity index (χ4n) is 1.29. The summed E-state index contributed by atoms with van der Waals surface area (Å²) in [5.41, 5.74) is 0. The summed E-state index contributed by atoms with van der Waals surface area (Å²) in [5.74, 6) is 0. The van der Waals surface area contributed by atoms with Crippen molar-refractivity contribution in [2.75, 3.05) is 52.9 Å². The van der Waals surface area contributed by atoms with E-state index in [1.807, 2.05) is 0 Å². The second-order valence-electron chi connectivity index (χ2n) is 3.29. The van der Waals surface area contributed by atoms with Crippen molar-refractivity contribution in [1.29, 1.82) is 0 Å². The van der Waals surface area contributed by atoms with E-state index in [0.717, 1.165) is 19.0 Å². The molecule has 0 heterocycles. The van der Waals surface area contributed by atoms with E-state index in [2.05, 4.69) is 28.7 Å². The highest BCUT2D eigenvalue weighted by Crippen LogP contribution is 2.39. The predicted octanol–water partition coefficient (Wildman–Crippen LogP) is 5.04. The number of hydrogen-bond donors (Lipinski definition) is 0. The Hall–Kier alpha value is 2.16. The van der Waals surface area contributed by atoms with Crippen molar-refractivity contribution >= 4 is 73.9 Å². The minimum absolute atomic E-state index is 0.855. The Bertz CT molecular complexity index is 201. The number of hydrogen-bond acceptors (Lipinski definition) is 10. The van der Waals surface area contributed by atoms with Crippen LogP contribution in [0.5, 0.6) is 0 Å². The van der Waals surface area contributed by atoms with Gasteiger partial charge in [-0.25, -0.2) is 0 Å². The summed E-state index contributed by atoms with van der Waals surface area (Å²) < 4.78 is 18.3. The molecule has 0 aromatic heterocycles. The molecule has 130 valence electrons. The highest BCUT2D eigenvalue weighted by Gasteiger charge is 2.36. The van der Waals surface area contributed by atoms with Crippen LogP contribution in [0.3, 0.4) is 0 Å². The molecule has 4 nitrogen and oxygen atoms in total. The smallest absolute Gasteiger partial charge is 0.377 e. The molecule has 0 aromatic carbocycles. The van der Waals surface area contributed by atoms with E-state index >= 15 is 0 Å². The zero-order valence-electron chi connectivity index (χ0n) is 13.7. The first-order chi connectivity index (χ1) is 10.1. The molecule has 0 aliphatic carbocycles. The molecule has 0 aromatic rings. The molecule has 0 fully saturated rings. The third-order valence-corrected chi connectivity index (χ3v) is 13.0. The van der Waals surface area contributed by atoms with Crippen LogP contribution in [0.25, 0.3) is 0 Å². The maximum atomic E-state index is 5.35. The van der Waals surface area contributed by atoms with Crippen LogP contribution in [0.1, 0.15) is 6.42 Å². The van der Waals surface area contributed by atoms with Gasteiger partial charge in [0.1, 0.15) is 0 Å². The van der Waals surface area contributed by atoms with E-state index in [1.54, 1.807) is 86.5 Å². The summed E-state index contributed by atoms with van der Waals surface area (Å²) in [6.45, 7) is 1.01. The van der Waals surface area contributed by atoms with Crippen molar-refractivity contribution in [3.8, 4) is 0 Å². The Morgan fingerprint density at radius 3 is 1.52 bits per heavy atom. The number of nitrogens with zero attached hydrogens (tertiary/aromatic N) is 1. The molecule has 0 spiro atoms. The molecule has 0 N–H and O–H groups in total. The van der Waals surface area contributed by atoms with Gasteiger partial charge in [0.2, 0.25) is 0 Å². The Kier molecular flexibility index (Phi) is 22.4. The van der Waals surface area contributed by atoms with Gasteiger partial charge in [-0.1, -0.05) is 45.5 Å². The predicted molar refractivity (Wildman–Crippen MR) is 112 cm³/mol. The van der Waals surface area contributed by atoms with Crippen LogP contribution in [-0.4, -0.2) is 65.4 Å². The first kappa shape index (κ1) is 25.4. The highest BCUT2D eigenvalue weighted by molar-refractivity contribution is 9.26. The zero-order chi connectivity index (χ0) is 16.6. The Balaban J connectivity index is 0.